The molecule has 2 atom stereocenters. The third-order valence-electron chi connectivity index (χ3n) is 3.26. The van der Waals surface area contributed by atoms with E-state index in [2.05, 4.69) is 49.4 Å². The van der Waals surface area contributed by atoms with Crippen molar-refractivity contribution in [1.29, 1.82) is 0 Å². The van der Waals surface area contributed by atoms with Crippen LogP contribution in [0.3, 0.4) is 0 Å². The van der Waals surface area contributed by atoms with Gasteiger partial charge in [-0.05, 0) is 36.3 Å². The normalized spacial score (nSPS) is 25.1. The van der Waals surface area contributed by atoms with Crippen molar-refractivity contribution in [2.24, 2.45) is 11.8 Å². The van der Waals surface area contributed by atoms with Crippen LogP contribution in [0.4, 0.5) is 0 Å². The van der Waals surface area contributed by atoms with Crippen LogP contribution in [0, 0.1) is 18.8 Å². The molecule has 0 spiro atoms. The minimum absolute atomic E-state index is 0.822. The van der Waals surface area contributed by atoms with Gasteiger partial charge >= 0.3 is 0 Å². The molecule has 0 radical (unpaired) electrons. The molecule has 0 heterocycles. The molecule has 0 aliphatic heterocycles. The van der Waals surface area contributed by atoms with Crippen LogP contribution in [0.25, 0.3) is 5.57 Å². The summed E-state index contributed by atoms with van der Waals surface area (Å²) in [5.41, 5.74) is 4.29. The van der Waals surface area contributed by atoms with E-state index in [9.17, 15) is 0 Å². The lowest BCUT2D eigenvalue weighted by Gasteiger charge is -2.09. The fourth-order valence-electron chi connectivity index (χ4n) is 2.27. The number of fused-ring (bicyclic) bond motifs is 1. The summed E-state index contributed by atoms with van der Waals surface area (Å²) in [6.45, 7) is 6.14. The number of hydrogen-bond donors (Lipinski definition) is 0. The van der Waals surface area contributed by atoms with Crippen LogP contribution in [0.2, 0.25) is 0 Å². The molecule has 0 nitrogen and oxygen atoms in total. The Labute approximate surface area is 98.7 Å². The molecular formula is C16H20. The second-order valence-electron chi connectivity index (χ2n) is 4.38. The molecule has 16 heavy (non-hydrogen) atoms. The van der Waals surface area contributed by atoms with E-state index in [0.29, 0.717) is 0 Å². The molecular weight excluding hydrogens is 192 g/mol. The number of hydrogen-bond acceptors (Lipinski definition) is 0. The first kappa shape index (κ1) is 11.2. The van der Waals surface area contributed by atoms with Gasteiger partial charge in [-0.2, -0.15) is 0 Å². The van der Waals surface area contributed by atoms with E-state index < -0.39 is 0 Å². The topological polar surface area (TPSA) is 0 Å². The zero-order valence-corrected chi connectivity index (χ0v) is 10.4. The lowest BCUT2D eigenvalue weighted by atomic mass is 9.96. The maximum Gasteiger partial charge on any atom is -0.00869 e. The molecule has 0 amide bonds. The summed E-state index contributed by atoms with van der Waals surface area (Å²) in [7, 11) is 0. The molecule has 0 heteroatoms. The summed E-state index contributed by atoms with van der Waals surface area (Å²) in [6.07, 6.45) is 8.18. The Morgan fingerprint density at radius 2 is 1.75 bits per heavy atom. The van der Waals surface area contributed by atoms with Crippen LogP contribution in [0.5, 0.6) is 0 Å². The lowest BCUT2D eigenvalue weighted by Crippen LogP contribution is -1.91. The molecule has 1 aromatic carbocycles. The SMILES string of the molecule is CC.Cc1ccc(C2=CC=CC3CC23)cc1. The van der Waals surface area contributed by atoms with Gasteiger partial charge in [-0.1, -0.05) is 61.9 Å². The van der Waals surface area contributed by atoms with Crippen molar-refractivity contribution >= 4 is 5.57 Å². The van der Waals surface area contributed by atoms with Crippen molar-refractivity contribution in [1.82, 2.24) is 0 Å². The minimum atomic E-state index is 0.822. The highest BCUT2D eigenvalue weighted by atomic mass is 14.4. The molecule has 3 rings (SSSR count). The van der Waals surface area contributed by atoms with Gasteiger partial charge < -0.3 is 0 Å². The largest absolute Gasteiger partial charge is 0.0808 e. The van der Waals surface area contributed by atoms with Gasteiger partial charge in [-0.3, -0.25) is 0 Å². The third-order valence-corrected chi connectivity index (χ3v) is 3.26. The van der Waals surface area contributed by atoms with Gasteiger partial charge in [0.25, 0.3) is 0 Å². The molecule has 2 aliphatic rings. The zero-order chi connectivity index (χ0) is 11.5. The monoisotopic (exact) mass is 212 g/mol. The first-order valence-corrected chi connectivity index (χ1v) is 6.30. The second kappa shape index (κ2) is 4.69. The molecule has 0 saturated heterocycles. The van der Waals surface area contributed by atoms with E-state index in [1.54, 1.807) is 0 Å². The van der Waals surface area contributed by atoms with Crippen LogP contribution in [-0.4, -0.2) is 0 Å². The van der Waals surface area contributed by atoms with E-state index in [1.807, 2.05) is 13.8 Å². The molecule has 1 aromatic rings. The summed E-state index contributed by atoms with van der Waals surface area (Å²) in [5, 5.41) is 0. The van der Waals surface area contributed by atoms with Crippen molar-refractivity contribution in [2.75, 3.05) is 0 Å². The minimum Gasteiger partial charge on any atom is -0.0808 e. The quantitative estimate of drug-likeness (QED) is 0.637. The van der Waals surface area contributed by atoms with Gasteiger partial charge in [0.2, 0.25) is 0 Å². The lowest BCUT2D eigenvalue weighted by molar-refractivity contribution is 0.999. The Kier molecular flexibility index (Phi) is 3.28. The predicted molar refractivity (Wildman–Crippen MR) is 71.2 cm³/mol. The van der Waals surface area contributed by atoms with Gasteiger partial charge in [0.05, 0.1) is 0 Å². The zero-order valence-electron chi connectivity index (χ0n) is 10.4. The first-order valence-electron chi connectivity index (χ1n) is 6.30. The second-order valence-corrected chi connectivity index (χ2v) is 4.38. The maximum absolute atomic E-state index is 2.34. The molecule has 0 aromatic heterocycles. The molecule has 1 saturated carbocycles. The number of rotatable bonds is 1. The highest BCUT2D eigenvalue weighted by molar-refractivity contribution is 5.73. The van der Waals surface area contributed by atoms with E-state index >= 15 is 0 Å². The molecule has 2 unspecified atom stereocenters. The summed E-state index contributed by atoms with van der Waals surface area (Å²) in [6, 6.07) is 8.89. The van der Waals surface area contributed by atoms with Crippen molar-refractivity contribution in [2.45, 2.75) is 27.2 Å². The van der Waals surface area contributed by atoms with Crippen LogP contribution in [-0.2, 0) is 0 Å². The van der Waals surface area contributed by atoms with Crippen molar-refractivity contribution < 1.29 is 0 Å². The van der Waals surface area contributed by atoms with Crippen LogP contribution in [0.15, 0.2) is 42.5 Å². The highest BCUT2D eigenvalue weighted by Gasteiger charge is 2.39. The van der Waals surface area contributed by atoms with Crippen LogP contribution in [0.1, 0.15) is 31.4 Å². The summed E-state index contributed by atoms with van der Waals surface area (Å²) < 4.78 is 0. The molecule has 1 fully saturated rings. The van der Waals surface area contributed by atoms with Gasteiger partial charge in [0.15, 0.2) is 0 Å². The van der Waals surface area contributed by atoms with Gasteiger partial charge in [0, 0.05) is 0 Å². The van der Waals surface area contributed by atoms with E-state index in [4.69, 9.17) is 0 Å². The van der Waals surface area contributed by atoms with Crippen LogP contribution >= 0.6 is 0 Å². The summed E-state index contributed by atoms with van der Waals surface area (Å²) in [4.78, 5) is 0. The van der Waals surface area contributed by atoms with Crippen LogP contribution < -0.4 is 0 Å². The number of allylic oxidation sites excluding steroid dienone is 4. The highest BCUT2D eigenvalue weighted by Crippen LogP contribution is 2.50. The first-order chi connectivity index (χ1) is 7.84. The van der Waals surface area contributed by atoms with Crippen molar-refractivity contribution in [3.05, 3.63) is 53.6 Å². The van der Waals surface area contributed by atoms with Gasteiger partial charge in [0.1, 0.15) is 0 Å². The average Bonchev–Trinajstić information content (AvgIpc) is 3.11. The van der Waals surface area contributed by atoms with E-state index in [0.717, 1.165) is 11.8 Å². The Hall–Kier alpha value is -1.30. The fraction of sp³-hybridized carbons (Fsp3) is 0.375. The molecule has 2 aliphatic carbocycles. The van der Waals surface area contributed by atoms with Crippen molar-refractivity contribution in [3.63, 3.8) is 0 Å². The van der Waals surface area contributed by atoms with E-state index in [1.165, 1.54) is 23.1 Å². The van der Waals surface area contributed by atoms with Gasteiger partial charge in [-0.15, -0.1) is 0 Å². The fourth-order valence-corrected chi connectivity index (χ4v) is 2.27. The summed E-state index contributed by atoms with van der Waals surface area (Å²) in [5.74, 6) is 1.67. The Bertz CT molecular complexity index is 406. The maximum atomic E-state index is 2.34. The Morgan fingerprint density at radius 1 is 1.06 bits per heavy atom. The Morgan fingerprint density at radius 3 is 2.44 bits per heavy atom. The Balaban J connectivity index is 0.000000457. The van der Waals surface area contributed by atoms with Crippen molar-refractivity contribution in [3.8, 4) is 0 Å². The summed E-state index contributed by atoms with van der Waals surface area (Å²) >= 11 is 0. The van der Waals surface area contributed by atoms with E-state index in [-0.39, 0.29) is 0 Å². The molecule has 0 N–H and O–H groups in total. The smallest absolute Gasteiger partial charge is 0.00869 e. The standard InChI is InChI=1S/C14H14.C2H6/c1-10-5-7-11(8-6-10)13-4-2-3-12-9-14(12)13;1-2/h2-8,12,14H,9H2,1H3;1-2H3. The predicted octanol–water partition coefficient (Wildman–Crippen LogP) is 4.61. The third kappa shape index (κ3) is 2.11. The average molecular weight is 212 g/mol. The molecule has 0 bridgehead atoms. The number of aryl methyl sites for hydroxylation is 1. The molecule has 84 valence electrons. The number of benzene rings is 1. The van der Waals surface area contributed by atoms with Gasteiger partial charge in [-0.25, -0.2) is 0 Å².